The van der Waals surface area contributed by atoms with Crippen molar-refractivity contribution in [3.63, 3.8) is 0 Å². The number of hydrogen-bond donors (Lipinski definition) is 1. The second-order valence-corrected chi connectivity index (χ2v) is 7.65. The molecule has 1 N–H and O–H groups in total. The third-order valence-electron chi connectivity index (χ3n) is 4.64. The summed E-state index contributed by atoms with van der Waals surface area (Å²) in [4.78, 5) is 21.7. The van der Waals surface area contributed by atoms with Gasteiger partial charge in [-0.25, -0.2) is 0 Å². The maximum absolute atomic E-state index is 12.5. The van der Waals surface area contributed by atoms with Crippen LogP contribution in [0, 0.1) is 0 Å². The van der Waals surface area contributed by atoms with E-state index in [1.165, 1.54) is 24.6 Å². The molecule has 1 atom stereocenters. The first-order chi connectivity index (χ1) is 11.1. The average molecular weight is 335 g/mol. The molecule has 0 bridgehead atoms. The minimum Gasteiger partial charge on any atom is -0.387 e. The molecule has 2 aliphatic heterocycles. The zero-order valence-corrected chi connectivity index (χ0v) is 14.3. The van der Waals surface area contributed by atoms with Crippen LogP contribution in [0.5, 0.6) is 0 Å². The predicted octanol–water partition coefficient (Wildman–Crippen LogP) is 1.62. The van der Waals surface area contributed by atoms with Crippen molar-refractivity contribution in [3.8, 4) is 0 Å². The van der Waals surface area contributed by atoms with E-state index in [1.54, 1.807) is 12.4 Å². The van der Waals surface area contributed by atoms with E-state index >= 15 is 0 Å². The molecule has 1 aromatic rings. The van der Waals surface area contributed by atoms with E-state index in [-0.39, 0.29) is 5.91 Å². The molecule has 0 spiro atoms. The van der Waals surface area contributed by atoms with Crippen LogP contribution < -0.4 is 0 Å². The number of β-amino-alcohol motifs (C(OH)–C–C–N with tert-alkyl or cyclic N) is 1. The van der Waals surface area contributed by atoms with E-state index in [0.29, 0.717) is 18.8 Å². The second-order valence-electron chi connectivity index (χ2n) is 6.60. The number of amides is 1. The summed E-state index contributed by atoms with van der Waals surface area (Å²) in [6.45, 7) is 4.09. The molecule has 6 heteroatoms. The molecule has 23 heavy (non-hydrogen) atoms. The SMILES string of the molecule is O=C(CSc1ccncc1)N1CCCC(O)(CN2CCCC2)C1. The molecule has 1 unspecified atom stereocenters. The maximum atomic E-state index is 12.5. The quantitative estimate of drug-likeness (QED) is 0.829. The van der Waals surface area contributed by atoms with Gasteiger partial charge in [-0.05, 0) is 50.9 Å². The van der Waals surface area contributed by atoms with Gasteiger partial charge in [0.2, 0.25) is 5.91 Å². The number of hydrogen-bond acceptors (Lipinski definition) is 5. The van der Waals surface area contributed by atoms with Gasteiger partial charge in [0, 0.05) is 30.4 Å². The number of thioether (sulfide) groups is 1. The first-order valence-electron chi connectivity index (χ1n) is 8.40. The zero-order chi connectivity index (χ0) is 16.1. The fourth-order valence-corrected chi connectivity index (χ4v) is 4.27. The topological polar surface area (TPSA) is 56.7 Å². The van der Waals surface area contributed by atoms with Gasteiger partial charge >= 0.3 is 0 Å². The fraction of sp³-hybridized carbons (Fsp3) is 0.647. The molecule has 2 fully saturated rings. The highest BCUT2D eigenvalue weighted by Crippen LogP contribution is 2.25. The first-order valence-corrected chi connectivity index (χ1v) is 9.39. The van der Waals surface area contributed by atoms with Crippen molar-refractivity contribution in [2.45, 2.75) is 36.2 Å². The summed E-state index contributed by atoms with van der Waals surface area (Å²) >= 11 is 1.53. The number of rotatable bonds is 5. The van der Waals surface area contributed by atoms with E-state index in [4.69, 9.17) is 0 Å². The van der Waals surface area contributed by atoms with Crippen molar-refractivity contribution in [1.82, 2.24) is 14.8 Å². The minimum atomic E-state index is -0.737. The first kappa shape index (κ1) is 16.7. The highest BCUT2D eigenvalue weighted by molar-refractivity contribution is 8.00. The van der Waals surface area contributed by atoms with Crippen LogP contribution >= 0.6 is 11.8 Å². The Kier molecular flexibility index (Phi) is 5.56. The number of carbonyl (C=O) groups is 1. The lowest BCUT2D eigenvalue weighted by Gasteiger charge is -2.41. The highest BCUT2D eigenvalue weighted by Gasteiger charge is 2.37. The number of aliphatic hydroxyl groups is 1. The van der Waals surface area contributed by atoms with Crippen LogP contribution in [0.25, 0.3) is 0 Å². The van der Waals surface area contributed by atoms with Gasteiger partial charge in [-0.1, -0.05) is 0 Å². The van der Waals surface area contributed by atoms with Gasteiger partial charge in [-0.3, -0.25) is 9.78 Å². The summed E-state index contributed by atoms with van der Waals surface area (Å²) in [7, 11) is 0. The van der Waals surface area contributed by atoms with E-state index in [9.17, 15) is 9.90 Å². The summed E-state index contributed by atoms with van der Waals surface area (Å²) < 4.78 is 0. The van der Waals surface area contributed by atoms with Crippen LogP contribution in [0.2, 0.25) is 0 Å². The van der Waals surface area contributed by atoms with Gasteiger partial charge in [-0.15, -0.1) is 11.8 Å². The van der Waals surface area contributed by atoms with Gasteiger partial charge in [0.15, 0.2) is 0 Å². The fourth-order valence-electron chi connectivity index (χ4n) is 3.48. The Hall–Kier alpha value is -1.11. The number of pyridine rings is 1. The van der Waals surface area contributed by atoms with E-state index in [0.717, 1.165) is 37.4 Å². The van der Waals surface area contributed by atoms with Crippen molar-refractivity contribution in [2.24, 2.45) is 0 Å². The predicted molar refractivity (Wildman–Crippen MR) is 91.4 cm³/mol. The van der Waals surface area contributed by atoms with Crippen LogP contribution in [0.3, 0.4) is 0 Å². The molecule has 0 saturated carbocycles. The number of aromatic nitrogens is 1. The molecular weight excluding hydrogens is 310 g/mol. The molecule has 1 amide bonds. The van der Waals surface area contributed by atoms with Crippen molar-refractivity contribution in [1.29, 1.82) is 0 Å². The minimum absolute atomic E-state index is 0.117. The number of piperidine rings is 1. The standard InChI is InChI=1S/C17H25N3O2S/c21-16(12-23-15-4-7-18-8-5-15)20-11-3-6-17(22,14-20)13-19-9-1-2-10-19/h4-5,7-8,22H,1-3,6,9-14H2. The molecule has 3 heterocycles. The Balaban J connectivity index is 1.51. The van der Waals surface area contributed by atoms with Gasteiger partial charge in [0.25, 0.3) is 0 Å². The molecule has 0 aliphatic carbocycles. The molecule has 0 radical (unpaired) electrons. The Bertz CT molecular complexity index is 522. The highest BCUT2D eigenvalue weighted by atomic mass is 32.2. The summed E-state index contributed by atoms with van der Waals surface area (Å²) in [6, 6.07) is 3.83. The summed E-state index contributed by atoms with van der Waals surface area (Å²) in [5, 5.41) is 10.9. The third kappa shape index (κ3) is 4.68. The Morgan fingerprint density at radius 3 is 2.70 bits per heavy atom. The Morgan fingerprint density at radius 2 is 1.96 bits per heavy atom. The lowest BCUT2D eigenvalue weighted by atomic mass is 9.92. The van der Waals surface area contributed by atoms with Crippen LogP contribution in [-0.2, 0) is 4.79 Å². The largest absolute Gasteiger partial charge is 0.387 e. The molecule has 3 rings (SSSR count). The van der Waals surface area contributed by atoms with E-state index in [1.807, 2.05) is 17.0 Å². The Labute approximate surface area is 142 Å². The molecule has 1 aromatic heterocycles. The zero-order valence-electron chi connectivity index (χ0n) is 13.5. The van der Waals surface area contributed by atoms with Crippen LogP contribution in [-0.4, -0.2) is 69.9 Å². The van der Waals surface area contributed by atoms with Gasteiger partial charge in [0.05, 0.1) is 17.9 Å². The molecule has 126 valence electrons. The average Bonchev–Trinajstić information content (AvgIpc) is 3.06. The number of likely N-dealkylation sites (tertiary alicyclic amines) is 2. The maximum Gasteiger partial charge on any atom is 0.233 e. The summed E-state index contributed by atoms with van der Waals surface area (Å²) in [5.74, 6) is 0.537. The van der Waals surface area contributed by atoms with Crippen LogP contribution in [0.1, 0.15) is 25.7 Å². The normalized spacial score (nSPS) is 25.7. The smallest absolute Gasteiger partial charge is 0.233 e. The molecular formula is C17H25N3O2S. The Morgan fingerprint density at radius 1 is 1.22 bits per heavy atom. The van der Waals surface area contributed by atoms with Gasteiger partial charge in [0.1, 0.15) is 0 Å². The summed E-state index contributed by atoms with van der Waals surface area (Å²) in [6.07, 6.45) is 7.61. The van der Waals surface area contributed by atoms with E-state index in [2.05, 4.69) is 9.88 Å². The van der Waals surface area contributed by atoms with Crippen LogP contribution in [0.4, 0.5) is 0 Å². The molecule has 2 saturated heterocycles. The van der Waals surface area contributed by atoms with Crippen LogP contribution in [0.15, 0.2) is 29.4 Å². The second kappa shape index (κ2) is 7.64. The van der Waals surface area contributed by atoms with Crippen molar-refractivity contribution < 1.29 is 9.90 Å². The monoisotopic (exact) mass is 335 g/mol. The van der Waals surface area contributed by atoms with Gasteiger partial charge < -0.3 is 14.9 Å². The van der Waals surface area contributed by atoms with Crippen molar-refractivity contribution >= 4 is 17.7 Å². The molecule has 0 aromatic carbocycles. The molecule has 5 nitrogen and oxygen atoms in total. The van der Waals surface area contributed by atoms with E-state index < -0.39 is 5.60 Å². The van der Waals surface area contributed by atoms with Gasteiger partial charge in [-0.2, -0.15) is 0 Å². The lowest BCUT2D eigenvalue weighted by molar-refractivity contribution is -0.136. The number of nitrogens with zero attached hydrogens (tertiary/aromatic N) is 3. The molecule has 2 aliphatic rings. The third-order valence-corrected chi connectivity index (χ3v) is 5.63. The summed E-state index contributed by atoms with van der Waals surface area (Å²) in [5.41, 5.74) is -0.737. The van der Waals surface area contributed by atoms with Crippen molar-refractivity contribution in [2.75, 3.05) is 38.5 Å². The van der Waals surface area contributed by atoms with Crippen molar-refractivity contribution in [3.05, 3.63) is 24.5 Å². The number of carbonyl (C=O) groups excluding carboxylic acids is 1. The lowest BCUT2D eigenvalue weighted by Crippen LogP contribution is -2.55.